The van der Waals surface area contributed by atoms with Gasteiger partial charge >= 0.3 is 0 Å². The van der Waals surface area contributed by atoms with Crippen LogP contribution in [0.2, 0.25) is 0 Å². The number of amides is 1. The van der Waals surface area contributed by atoms with Crippen molar-refractivity contribution >= 4 is 5.91 Å². The zero-order valence-electron chi connectivity index (χ0n) is 16.7. The SMILES string of the molecule is CN1CCn2c(-c3cccnc3)cnc2C12CCN(C(=O)c1ccccc1)CC2. The van der Waals surface area contributed by atoms with Crippen LogP contribution in [0.4, 0.5) is 0 Å². The number of carbonyl (C=O) groups excluding carboxylic acids is 1. The van der Waals surface area contributed by atoms with Crippen molar-refractivity contribution in [2.24, 2.45) is 0 Å². The summed E-state index contributed by atoms with van der Waals surface area (Å²) in [6, 6.07) is 13.6. The van der Waals surface area contributed by atoms with Crippen LogP contribution < -0.4 is 0 Å². The summed E-state index contributed by atoms with van der Waals surface area (Å²) in [6.45, 7) is 3.38. The smallest absolute Gasteiger partial charge is 0.253 e. The van der Waals surface area contributed by atoms with Crippen molar-refractivity contribution in [2.45, 2.75) is 24.9 Å². The van der Waals surface area contributed by atoms with E-state index in [4.69, 9.17) is 4.98 Å². The Morgan fingerprint density at radius 2 is 1.76 bits per heavy atom. The third-order valence-electron chi connectivity index (χ3n) is 6.52. The van der Waals surface area contributed by atoms with Gasteiger partial charge in [-0.05, 0) is 44.2 Å². The second kappa shape index (κ2) is 7.12. The van der Waals surface area contributed by atoms with Crippen LogP contribution >= 0.6 is 0 Å². The Balaban J connectivity index is 1.42. The van der Waals surface area contributed by atoms with Gasteiger partial charge in [0.1, 0.15) is 5.82 Å². The fourth-order valence-electron chi connectivity index (χ4n) is 4.80. The molecule has 29 heavy (non-hydrogen) atoms. The van der Waals surface area contributed by atoms with E-state index in [0.29, 0.717) is 0 Å². The molecule has 148 valence electrons. The van der Waals surface area contributed by atoms with E-state index < -0.39 is 0 Å². The molecule has 1 aromatic carbocycles. The molecule has 4 heterocycles. The summed E-state index contributed by atoms with van der Waals surface area (Å²) in [4.78, 5) is 26.4. The van der Waals surface area contributed by atoms with Crippen molar-refractivity contribution in [3.8, 4) is 11.3 Å². The molecule has 0 aliphatic carbocycles. The van der Waals surface area contributed by atoms with E-state index >= 15 is 0 Å². The van der Waals surface area contributed by atoms with Gasteiger partial charge < -0.3 is 9.47 Å². The first-order valence-corrected chi connectivity index (χ1v) is 10.2. The molecule has 0 N–H and O–H groups in total. The molecular formula is C23H25N5O. The molecule has 0 atom stereocenters. The Hall–Kier alpha value is -2.99. The fraction of sp³-hybridized carbons (Fsp3) is 0.348. The number of aromatic nitrogens is 3. The third-order valence-corrected chi connectivity index (χ3v) is 6.52. The van der Waals surface area contributed by atoms with Crippen molar-refractivity contribution in [3.05, 3.63) is 72.4 Å². The van der Waals surface area contributed by atoms with E-state index in [-0.39, 0.29) is 11.4 Å². The molecule has 0 unspecified atom stereocenters. The normalized spacial score (nSPS) is 18.6. The maximum atomic E-state index is 12.9. The van der Waals surface area contributed by atoms with E-state index in [2.05, 4.69) is 27.6 Å². The molecule has 0 radical (unpaired) electrons. The van der Waals surface area contributed by atoms with Gasteiger partial charge in [-0.15, -0.1) is 0 Å². The molecular weight excluding hydrogens is 362 g/mol. The standard InChI is InChI=1S/C23H25N5O/c1-26-14-15-28-20(19-8-5-11-24-16-19)17-25-22(28)23(26)9-12-27(13-10-23)21(29)18-6-3-2-4-7-18/h2-8,11,16-17H,9-10,12-15H2,1H3. The highest BCUT2D eigenvalue weighted by Gasteiger charge is 2.46. The zero-order chi connectivity index (χ0) is 19.8. The molecule has 1 spiro atoms. The van der Waals surface area contributed by atoms with E-state index in [1.807, 2.05) is 53.7 Å². The fourth-order valence-corrected chi connectivity index (χ4v) is 4.80. The molecule has 2 aliphatic rings. The molecule has 6 heteroatoms. The van der Waals surface area contributed by atoms with Crippen molar-refractivity contribution in [1.82, 2.24) is 24.3 Å². The van der Waals surface area contributed by atoms with Crippen LogP contribution in [0.1, 0.15) is 29.0 Å². The molecule has 3 aromatic rings. The summed E-state index contributed by atoms with van der Waals surface area (Å²) in [5.41, 5.74) is 2.87. The Bertz CT molecular complexity index is 1010. The number of rotatable bonds is 2. The number of likely N-dealkylation sites (N-methyl/N-ethyl adjacent to an activating group) is 1. The molecule has 5 rings (SSSR count). The molecule has 1 amide bonds. The molecule has 0 bridgehead atoms. The van der Waals surface area contributed by atoms with Gasteiger partial charge in [0.2, 0.25) is 0 Å². The number of hydrogen-bond donors (Lipinski definition) is 0. The highest BCUT2D eigenvalue weighted by Crippen LogP contribution is 2.41. The molecule has 2 aromatic heterocycles. The van der Waals surface area contributed by atoms with E-state index in [1.54, 1.807) is 6.20 Å². The largest absolute Gasteiger partial charge is 0.338 e. The van der Waals surface area contributed by atoms with Crippen LogP contribution in [0.25, 0.3) is 11.3 Å². The van der Waals surface area contributed by atoms with Crippen LogP contribution in [0.15, 0.2) is 61.1 Å². The second-order valence-electron chi connectivity index (χ2n) is 7.97. The van der Waals surface area contributed by atoms with E-state index in [0.717, 1.165) is 61.7 Å². The number of benzene rings is 1. The topological polar surface area (TPSA) is 54.3 Å². The Kier molecular flexibility index (Phi) is 4.43. The minimum Gasteiger partial charge on any atom is -0.338 e. The van der Waals surface area contributed by atoms with Gasteiger partial charge in [-0.1, -0.05) is 18.2 Å². The van der Waals surface area contributed by atoms with Crippen LogP contribution in [-0.2, 0) is 12.1 Å². The molecule has 6 nitrogen and oxygen atoms in total. The maximum Gasteiger partial charge on any atom is 0.253 e. The van der Waals surface area contributed by atoms with Gasteiger partial charge in [0.25, 0.3) is 5.91 Å². The average molecular weight is 387 g/mol. The van der Waals surface area contributed by atoms with Crippen molar-refractivity contribution in [3.63, 3.8) is 0 Å². The second-order valence-corrected chi connectivity index (χ2v) is 7.97. The van der Waals surface area contributed by atoms with Crippen LogP contribution in [0.5, 0.6) is 0 Å². The van der Waals surface area contributed by atoms with Gasteiger partial charge in [0.15, 0.2) is 0 Å². The maximum absolute atomic E-state index is 12.9. The number of nitrogens with zero attached hydrogens (tertiary/aromatic N) is 5. The summed E-state index contributed by atoms with van der Waals surface area (Å²) >= 11 is 0. The lowest BCUT2D eigenvalue weighted by molar-refractivity contribution is 0.0101. The highest BCUT2D eigenvalue weighted by molar-refractivity contribution is 5.94. The zero-order valence-corrected chi connectivity index (χ0v) is 16.7. The molecule has 1 fully saturated rings. The van der Waals surface area contributed by atoms with Crippen molar-refractivity contribution in [2.75, 3.05) is 26.7 Å². The molecule has 0 saturated carbocycles. The lowest BCUT2D eigenvalue weighted by Crippen LogP contribution is -2.57. The summed E-state index contributed by atoms with van der Waals surface area (Å²) in [7, 11) is 2.19. The van der Waals surface area contributed by atoms with Gasteiger partial charge in [-0.2, -0.15) is 0 Å². The van der Waals surface area contributed by atoms with Crippen molar-refractivity contribution in [1.29, 1.82) is 0 Å². The summed E-state index contributed by atoms with van der Waals surface area (Å²) in [6.07, 6.45) is 7.47. The first kappa shape index (κ1) is 18.1. The summed E-state index contributed by atoms with van der Waals surface area (Å²) in [5, 5.41) is 0. The number of hydrogen-bond acceptors (Lipinski definition) is 4. The summed E-state index contributed by atoms with van der Waals surface area (Å²) < 4.78 is 2.35. The first-order chi connectivity index (χ1) is 14.2. The number of piperidine rings is 1. The number of fused-ring (bicyclic) bond motifs is 2. The number of pyridine rings is 1. The van der Waals surface area contributed by atoms with Gasteiger partial charge in [0.05, 0.1) is 17.4 Å². The number of carbonyl (C=O) groups is 1. The Morgan fingerprint density at radius 1 is 0.966 bits per heavy atom. The third kappa shape index (κ3) is 2.95. The first-order valence-electron chi connectivity index (χ1n) is 10.2. The van der Waals surface area contributed by atoms with Crippen LogP contribution in [0.3, 0.4) is 0 Å². The quantitative estimate of drug-likeness (QED) is 0.678. The molecule has 1 saturated heterocycles. The van der Waals surface area contributed by atoms with E-state index in [9.17, 15) is 4.79 Å². The Labute approximate surface area is 170 Å². The highest BCUT2D eigenvalue weighted by atomic mass is 16.2. The average Bonchev–Trinajstić information content (AvgIpc) is 3.23. The lowest BCUT2D eigenvalue weighted by Gasteiger charge is -2.49. The van der Waals surface area contributed by atoms with Gasteiger partial charge in [-0.25, -0.2) is 4.98 Å². The van der Waals surface area contributed by atoms with Crippen molar-refractivity contribution < 1.29 is 4.79 Å². The minimum atomic E-state index is -0.119. The lowest BCUT2D eigenvalue weighted by atomic mass is 9.83. The van der Waals surface area contributed by atoms with Gasteiger partial charge in [0, 0.05) is 49.7 Å². The minimum absolute atomic E-state index is 0.119. The predicted octanol–water partition coefficient (Wildman–Crippen LogP) is 3.02. The van der Waals surface area contributed by atoms with Gasteiger partial charge in [-0.3, -0.25) is 14.7 Å². The van der Waals surface area contributed by atoms with Crippen LogP contribution in [-0.4, -0.2) is 56.9 Å². The Morgan fingerprint density at radius 3 is 2.48 bits per heavy atom. The predicted molar refractivity (Wildman–Crippen MR) is 111 cm³/mol. The van der Waals surface area contributed by atoms with Crippen LogP contribution in [0, 0.1) is 0 Å². The number of likely N-dealkylation sites (tertiary alicyclic amines) is 1. The number of imidazole rings is 1. The van der Waals surface area contributed by atoms with E-state index in [1.165, 1.54) is 0 Å². The monoisotopic (exact) mass is 387 g/mol. The molecule has 2 aliphatic heterocycles. The summed E-state index contributed by atoms with van der Waals surface area (Å²) in [5.74, 6) is 1.25.